The molecule has 7 heteroatoms. The van der Waals surface area contributed by atoms with Crippen LogP contribution < -0.4 is 0 Å². The molecule has 14 heavy (non-hydrogen) atoms. The van der Waals surface area contributed by atoms with Crippen LogP contribution in [-0.4, -0.2) is 13.6 Å². The van der Waals surface area contributed by atoms with Crippen molar-refractivity contribution >= 4 is 50.3 Å². The third-order valence-corrected chi connectivity index (χ3v) is 4.83. The van der Waals surface area contributed by atoms with Gasteiger partial charge < -0.3 is 0 Å². The highest BCUT2D eigenvalue weighted by molar-refractivity contribution is 7.91. The second-order valence-electron chi connectivity index (χ2n) is 2.35. The van der Waals surface area contributed by atoms with Gasteiger partial charge in [-0.2, -0.15) is 8.42 Å². The van der Waals surface area contributed by atoms with Crippen molar-refractivity contribution in [3.63, 3.8) is 0 Å². The Hall–Kier alpha value is -0.260. The molecule has 3 nitrogen and oxygen atoms in total. The van der Waals surface area contributed by atoms with Gasteiger partial charge in [-0.15, -0.1) is 15.7 Å². The first kappa shape index (κ1) is 11.8. The first-order valence-corrected chi connectivity index (χ1v) is 6.73. The van der Waals surface area contributed by atoms with Gasteiger partial charge in [-0.1, -0.05) is 18.5 Å². The van der Waals surface area contributed by atoms with E-state index in [1.54, 1.807) is 5.38 Å². The van der Waals surface area contributed by atoms with E-state index in [0.717, 1.165) is 0 Å². The summed E-state index contributed by atoms with van der Waals surface area (Å²) in [5.74, 6) is 0. The van der Waals surface area contributed by atoms with Crippen molar-refractivity contribution in [2.24, 2.45) is 4.40 Å². The molecule has 0 unspecified atom stereocenters. The Balaban J connectivity index is 3.45. The van der Waals surface area contributed by atoms with E-state index in [0.29, 0.717) is 11.3 Å². The normalized spacial score (nSPS) is 11.0. The first-order valence-electron chi connectivity index (χ1n) is 3.63. The molecule has 0 saturated heterocycles. The number of aryl methyl sites for hydroxylation is 1. The van der Waals surface area contributed by atoms with Gasteiger partial charge in [-0.05, 0) is 18.6 Å². The first-order chi connectivity index (χ1) is 6.53. The van der Waals surface area contributed by atoms with Gasteiger partial charge in [-0.25, -0.2) is 0 Å². The van der Waals surface area contributed by atoms with Crippen molar-refractivity contribution in [1.82, 2.24) is 0 Å². The molecule has 0 atom stereocenters. The standard InChI is InChI=1S/C7H6ClNO2S3/c1-2-6-7(5(8)3-13-6)14(10,11)9-4-12/h3H,2H2,1H3. The summed E-state index contributed by atoms with van der Waals surface area (Å²) in [6, 6.07) is 0. The van der Waals surface area contributed by atoms with Gasteiger partial charge in [0.1, 0.15) is 4.90 Å². The smallest absolute Gasteiger partial charge is 0.198 e. The van der Waals surface area contributed by atoms with E-state index in [4.69, 9.17) is 11.6 Å². The number of nitrogens with zero attached hydrogens (tertiary/aromatic N) is 1. The Labute approximate surface area is 96.5 Å². The number of thiocarbonyl (C=S) groups is 1. The summed E-state index contributed by atoms with van der Waals surface area (Å²) in [6.45, 7) is 1.85. The number of rotatable bonds is 3. The summed E-state index contributed by atoms with van der Waals surface area (Å²) in [5, 5.41) is 3.61. The maximum Gasteiger partial charge on any atom is 0.293 e. The quantitative estimate of drug-likeness (QED) is 0.625. The fourth-order valence-corrected chi connectivity index (χ4v) is 4.07. The van der Waals surface area contributed by atoms with Crippen LogP contribution in [-0.2, 0) is 16.4 Å². The van der Waals surface area contributed by atoms with Gasteiger partial charge in [0.15, 0.2) is 0 Å². The molecule has 76 valence electrons. The van der Waals surface area contributed by atoms with Crippen LogP contribution in [0, 0.1) is 0 Å². The van der Waals surface area contributed by atoms with Crippen molar-refractivity contribution in [2.45, 2.75) is 18.2 Å². The molecular weight excluding hydrogens is 262 g/mol. The summed E-state index contributed by atoms with van der Waals surface area (Å²) >= 11 is 11.3. The second kappa shape index (κ2) is 4.51. The lowest BCUT2D eigenvalue weighted by atomic mass is 10.4. The van der Waals surface area contributed by atoms with Crippen molar-refractivity contribution < 1.29 is 8.42 Å². The van der Waals surface area contributed by atoms with Crippen LogP contribution in [0.2, 0.25) is 5.02 Å². The van der Waals surface area contributed by atoms with E-state index in [1.165, 1.54) is 11.3 Å². The largest absolute Gasteiger partial charge is 0.293 e. The number of isothiocyanates is 1. The molecule has 0 aliphatic rings. The van der Waals surface area contributed by atoms with Gasteiger partial charge in [0, 0.05) is 10.3 Å². The predicted octanol–water partition coefficient (Wildman–Crippen LogP) is 2.76. The molecule has 0 radical (unpaired) electrons. The van der Waals surface area contributed by atoms with Gasteiger partial charge >= 0.3 is 0 Å². The Bertz CT molecular complexity index is 485. The number of sulfonamides is 1. The molecule has 0 aliphatic carbocycles. The van der Waals surface area contributed by atoms with E-state index in [1.807, 2.05) is 12.1 Å². The molecule has 0 bridgehead atoms. The topological polar surface area (TPSA) is 46.5 Å². The maximum absolute atomic E-state index is 11.5. The Morgan fingerprint density at radius 3 is 2.86 bits per heavy atom. The fourth-order valence-electron chi connectivity index (χ4n) is 0.969. The molecule has 0 aromatic carbocycles. The molecule has 0 amide bonds. The predicted molar refractivity (Wildman–Crippen MR) is 60.9 cm³/mol. The lowest BCUT2D eigenvalue weighted by molar-refractivity contribution is 0.598. The van der Waals surface area contributed by atoms with E-state index >= 15 is 0 Å². The minimum Gasteiger partial charge on any atom is -0.198 e. The number of thiophene rings is 1. The van der Waals surface area contributed by atoms with Crippen molar-refractivity contribution in [3.05, 3.63) is 15.3 Å². The summed E-state index contributed by atoms with van der Waals surface area (Å²) < 4.78 is 26.2. The summed E-state index contributed by atoms with van der Waals surface area (Å²) in [6.07, 6.45) is 0.596. The third-order valence-electron chi connectivity index (χ3n) is 1.51. The lowest BCUT2D eigenvalue weighted by Crippen LogP contribution is -1.98. The van der Waals surface area contributed by atoms with Crippen LogP contribution in [0.4, 0.5) is 0 Å². The summed E-state index contributed by atoms with van der Waals surface area (Å²) in [7, 11) is -3.75. The zero-order chi connectivity index (χ0) is 10.8. The van der Waals surface area contributed by atoms with Crippen LogP contribution in [0.25, 0.3) is 0 Å². The Kier molecular flexibility index (Phi) is 3.80. The van der Waals surface area contributed by atoms with Gasteiger partial charge in [0.2, 0.25) is 0 Å². The van der Waals surface area contributed by atoms with Crippen molar-refractivity contribution in [2.75, 3.05) is 0 Å². The monoisotopic (exact) mass is 267 g/mol. The minimum atomic E-state index is -3.75. The minimum absolute atomic E-state index is 0.0593. The fraction of sp³-hybridized carbons (Fsp3) is 0.286. The zero-order valence-corrected chi connectivity index (χ0v) is 10.4. The third kappa shape index (κ3) is 2.21. The van der Waals surface area contributed by atoms with Crippen LogP contribution in [0.5, 0.6) is 0 Å². The second-order valence-corrected chi connectivity index (χ2v) is 5.44. The SMILES string of the molecule is CCc1scc(Cl)c1S(=O)(=O)N=C=S. The van der Waals surface area contributed by atoms with E-state index in [9.17, 15) is 8.42 Å². The van der Waals surface area contributed by atoms with E-state index < -0.39 is 10.0 Å². The molecule has 0 spiro atoms. The molecule has 0 N–H and O–H groups in total. The highest BCUT2D eigenvalue weighted by Crippen LogP contribution is 2.32. The number of hydrogen-bond donors (Lipinski definition) is 0. The lowest BCUT2D eigenvalue weighted by Gasteiger charge is -1.97. The molecule has 1 aromatic heterocycles. The number of hydrogen-bond acceptors (Lipinski definition) is 4. The van der Waals surface area contributed by atoms with Gasteiger partial charge in [-0.3, -0.25) is 0 Å². The van der Waals surface area contributed by atoms with E-state index in [2.05, 4.69) is 16.6 Å². The van der Waals surface area contributed by atoms with Gasteiger partial charge in [0.25, 0.3) is 10.0 Å². The maximum atomic E-state index is 11.5. The van der Waals surface area contributed by atoms with Crippen LogP contribution in [0.15, 0.2) is 14.7 Å². The number of halogens is 1. The van der Waals surface area contributed by atoms with Gasteiger partial charge in [0.05, 0.1) is 10.2 Å². The Morgan fingerprint density at radius 1 is 1.71 bits per heavy atom. The molecular formula is C7H6ClNO2S3. The van der Waals surface area contributed by atoms with Crippen molar-refractivity contribution in [1.29, 1.82) is 0 Å². The highest BCUT2D eigenvalue weighted by Gasteiger charge is 2.22. The molecule has 0 aliphatic heterocycles. The average Bonchev–Trinajstić information content (AvgIpc) is 2.47. The summed E-state index contributed by atoms with van der Waals surface area (Å²) in [5.41, 5.74) is 0. The van der Waals surface area contributed by atoms with Crippen molar-refractivity contribution in [3.8, 4) is 0 Å². The molecule has 1 heterocycles. The molecule has 0 saturated carbocycles. The highest BCUT2D eigenvalue weighted by atomic mass is 35.5. The Morgan fingerprint density at radius 2 is 2.36 bits per heavy atom. The van der Waals surface area contributed by atoms with Crippen LogP contribution >= 0.6 is 35.2 Å². The van der Waals surface area contributed by atoms with Crippen LogP contribution in [0.3, 0.4) is 0 Å². The van der Waals surface area contributed by atoms with Crippen LogP contribution in [0.1, 0.15) is 11.8 Å². The zero-order valence-electron chi connectivity index (χ0n) is 7.15. The van der Waals surface area contributed by atoms with E-state index in [-0.39, 0.29) is 9.92 Å². The summed E-state index contributed by atoms with van der Waals surface area (Å²) in [4.78, 5) is 0.744. The average molecular weight is 268 g/mol. The molecule has 1 rings (SSSR count). The molecule has 1 aromatic rings. The molecule has 0 fully saturated rings.